The van der Waals surface area contributed by atoms with Crippen molar-refractivity contribution in [3.05, 3.63) is 81.7 Å². The van der Waals surface area contributed by atoms with Gasteiger partial charge >= 0.3 is 0 Å². The third kappa shape index (κ3) is 3.44. The lowest BCUT2D eigenvalue weighted by atomic mass is 10.1. The van der Waals surface area contributed by atoms with Gasteiger partial charge in [0.05, 0.1) is 15.7 Å². The molecular weight excluding hydrogens is 387 g/mol. The first-order chi connectivity index (χ1) is 12.6. The van der Waals surface area contributed by atoms with Crippen LogP contribution in [0.4, 0.5) is 5.13 Å². The van der Waals surface area contributed by atoms with E-state index in [1.54, 1.807) is 12.1 Å². The number of amides is 1. The Hall–Kier alpha value is -2.40. The zero-order chi connectivity index (χ0) is 18.1. The lowest BCUT2D eigenvalue weighted by molar-refractivity contribution is 0.102. The van der Waals surface area contributed by atoms with Crippen LogP contribution < -0.4 is 5.32 Å². The van der Waals surface area contributed by atoms with Crippen LogP contribution in [0.25, 0.3) is 22.0 Å². The van der Waals surface area contributed by atoms with Gasteiger partial charge in [0.2, 0.25) is 0 Å². The van der Waals surface area contributed by atoms with Crippen molar-refractivity contribution in [2.75, 3.05) is 5.32 Å². The Labute approximate surface area is 164 Å². The number of nitrogens with zero attached hydrogens (tertiary/aromatic N) is 1. The zero-order valence-corrected chi connectivity index (χ0v) is 15.7. The van der Waals surface area contributed by atoms with E-state index in [1.807, 2.05) is 53.9 Å². The van der Waals surface area contributed by atoms with Gasteiger partial charge in [-0.05, 0) is 35.0 Å². The number of hydrogen-bond acceptors (Lipinski definition) is 3. The predicted molar refractivity (Wildman–Crippen MR) is 109 cm³/mol. The molecule has 128 valence electrons. The van der Waals surface area contributed by atoms with Gasteiger partial charge in [-0.3, -0.25) is 10.1 Å². The highest BCUT2D eigenvalue weighted by molar-refractivity contribution is 7.14. The standard InChI is InChI=1S/C20H12Cl2N2OS/c21-16-8-7-14(10-17(16)22)18-11-26-20(23-18)24-19(25)15-6-5-12-3-1-2-4-13(12)9-15/h1-11H,(H,23,24,25). The van der Waals surface area contributed by atoms with Crippen LogP contribution in [0.3, 0.4) is 0 Å². The molecular formula is C20H12Cl2N2OS. The van der Waals surface area contributed by atoms with Gasteiger partial charge in [0.25, 0.3) is 5.91 Å². The van der Waals surface area contributed by atoms with Crippen LogP contribution in [0, 0.1) is 0 Å². The van der Waals surface area contributed by atoms with Gasteiger partial charge in [-0.15, -0.1) is 11.3 Å². The summed E-state index contributed by atoms with van der Waals surface area (Å²) in [6.45, 7) is 0. The Bertz CT molecular complexity index is 1120. The second-order valence-electron chi connectivity index (χ2n) is 5.68. The molecule has 0 radical (unpaired) electrons. The molecule has 3 aromatic carbocycles. The molecule has 0 aliphatic carbocycles. The van der Waals surface area contributed by atoms with Crippen LogP contribution in [0.5, 0.6) is 0 Å². The molecule has 1 aromatic heterocycles. The topological polar surface area (TPSA) is 42.0 Å². The van der Waals surface area contributed by atoms with E-state index in [0.717, 1.165) is 22.0 Å². The van der Waals surface area contributed by atoms with Crippen molar-refractivity contribution in [1.82, 2.24) is 4.98 Å². The SMILES string of the molecule is O=C(Nc1nc(-c2ccc(Cl)c(Cl)c2)cs1)c1ccc2ccccc2c1. The molecule has 6 heteroatoms. The van der Waals surface area contributed by atoms with Crippen molar-refractivity contribution in [2.45, 2.75) is 0 Å². The maximum absolute atomic E-state index is 12.5. The van der Waals surface area contributed by atoms with E-state index < -0.39 is 0 Å². The summed E-state index contributed by atoms with van der Waals surface area (Å²) in [5.41, 5.74) is 2.18. The molecule has 0 saturated carbocycles. The van der Waals surface area contributed by atoms with Gasteiger partial charge < -0.3 is 0 Å². The Morgan fingerprint density at radius 2 is 1.73 bits per heavy atom. The third-order valence-electron chi connectivity index (χ3n) is 3.95. The number of aromatic nitrogens is 1. The molecule has 1 heterocycles. The number of rotatable bonds is 3. The summed E-state index contributed by atoms with van der Waals surface area (Å²) in [7, 11) is 0. The van der Waals surface area contributed by atoms with E-state index in [-0.39, 0.29) is 5.91 Å². The number of nitrogens with one attached hydrogen (secondary N) is 1. The quantitative estimate of drug-likeness (QED) is 0.426. The number of hydrogen-bond donors (Lipinski definition) is 1. The first-order valence-electron chi connectivity index (χ1n) is 7.81. The molecule has 0 atom stereocenters. The molecule has 0 fully saturated rings. The number of carbonyl (C=O) groups excluding carboxylic acids is 1. The summed E-state index contributed by atoms with van der Waals surface area (Å²) in [5, 5.41) is 8.34. The fourth-order valence-electron chi connectivity index (χ4n) is 2.62. The molecule has 4 rings (SSSR count). The first-order valence-corrected chi connectivity index (χ1v) is 9.45. The maximum Gasteiger partial charge on any atom is 0.257 e. The van der Waals surface area contributed by atoms with Crippen LogP contribution in [-0.2, 0) is 0 Å². The molecule has 0 aliphatic heterocycles. The van der Waals surface area contributed by atoms with Crippen LogP contribution in [0.2, 0.25) is 10.0 Å². The molecule has 0 saturated heterocycles. The van der Waals surface area contributed by atoms with E-state index in [1.165, 1.54) is 11.3 Å². The molecule has 0 unspecified atom stereocenters. The van der Waals surface area contributed by atoms with E-state index >= 15 is 0 Å². The van der Waals surface area contributed by atoms with E-state index in [2.05, 4.69) is 10.3 Å². The van der Waals surface area contributed by atoms with Crippen molar-refractivity contribution in [1.29, 1.82) is 0 Å². The monoisotopic (exact) mass is 398 g/mol. The highest BCUT2D eigenvalue weighted by Gasteiger charge is 2.11. The van der Waals surface area contributed by atoms with Gasteiger partial charge in [-0.2, -0.15) is 0 Å². The van der Waals surface area contributed by atoms with E-state index in [4.69, 9.17) is 23.2 Å². The molecule has 3 nitrogen and oxygen atoms in total. The number of anilines is 1. The Kier molecular flexibility index (Phi) is 4.64. The van der Waals surface area contributed by atoms with E-state index in [9.17, 15) is 4.79 Å². The minimum atomic E-state index is -0.189. The van der Waals surface area contributed by atoms with Crippen molar-refractivity contribution in [3.8, 4) is 11.3 Å². The van der Waals surface area contributed by atoms with Gasteiger partial charge in [0.1, 0.15) is 0 Å². The highest BCUT2D eigenvalue weighted by atomic mass is 35.5. The van der Waals surface area contributed by atoms with Gasteiger partial charge in [-0.25, -0.2) is 4.98 Å². The fourth-order valence-corrected chi connectivity index (χ4v) is 3.63. The number of halogens is 2. The predicted octanol–water partition coefficient (Wildman–Crippen LogP) is 6.52. The lowest BCUT2D eigenvalue weighted by Crippen LogP contribution is -2.11. The van der Waals surface area contributed by atoms with Crippen molar-refractivity contribution >= 4 is 56.3 Å². The van der Waals surface area contributed by atoms with Crippen LogP contribution >= 0.6 is 34.5 Å². The largest absolute Gasteiger partial charge is 0.298 e. The average molecular weight is 399 g/mol. The molecule has 1 N–H and O–H groups in total. The Morgan fingerprint density at radius 3 is 2.54 bits per heavy atom. The molecule has 26 heavy (non-hydrogen) atoms. The highest BCUT2D eigenvalue weighted by Crippen LogP contribution is 2.30. The summed E-state index contributed by atoms with van der Waals surface area (Å²) in [5.74, 6) is -0.189. The smallest absolute Gasteiger partial charge is 0.257 e. The molecule has 1 amide bonds. The Morgan fingerprint density at radius 1 is 0.923 bits per heavy atom. The van der Waals surface area contributed by atoms with Gasteiger partial charge in [0, 0.05) is 16.5 Å². The van der Waals surface area contributed by atoms with Crippen molar-refractivity contribution in [3.63, 3.8) is 0 Å². The summed E-state index contributed by atoms with van der Waals surface area (Å²) >= 11 is 13.4. The van der Waals surface area contributed by atoms with E-state index in [0.29, 0.717) is 20.7 Å². The summed E-state index contributed by atoms with van der Waals surface area (Å²) in [6, 6.07) is 18.9. The number of thiazole rings is 1. The first kappa shape index (κ1) is 17.0. The van der Waals surface area contributed by atoms with Crippen LogP contribution in [0.1, 0.15) is 10.4 Å². The van der Waals surface area contributed by atoms with Crippen molar-refractivity contribution in [2.24, 2.45) is 0 Å². The summed E-state index contributed by atoms with van der Waals surface area (Å²) in [6.07, 6.45) is 0. The minimum absolute atomic E-state index is 0.189. The third-order valence-corrected chi connectivity index (χ3v) is 5.45. The zero-order valence-electron chi connectivity index (χ0n) is 13.4. The van der Waals surface area contributed by atoms with Crippen molar-refractivity contribution < 1.29 is 4.79 Å². The second-order valence-corrected chi connectivity index (χ2v) is 7.36. The molecule has 0 bridgehead atoms. The minimum Gasteiger partial charge on any atom is -0.298 e. The summed E-state index contributed by atoms with van der Waals surface area (Å²) < 4.78 is 0. The molecule has 4 aromatic rings. The lowest BCUT2D eigenvalue weighted by Gasteiger charge is -2.04. The average Bonchev–Trinajstić information content (AvgIpc) is 3.12. The normalized spacial score (nSPS) is 10.8. The number of benzene rings is 3. The van der Waals surface area contributed by atoms with Gasteiger partial charge in [0.15, 0.2) is 5.13 Å². The number of carbonyl (C=O) groups is 1. The van der Waals surface area contributed by atoms with Gasteiger partial charge in [-0.1, -0.05) is 59.6 Å². The molecule has 0 aliphatic rings. The molecule has 0 spiro atoms. The maximum atomic E-state index is 12.5. The summed E-state index contributed by atoms with van der Waals surface area (Å²) in [4.78, 5) is 17.0. The van der Waals surface area contributed by atoms with Crippen LogP contribution in [0.15, 0.2) is 66.0 Å². The fraction of sp³-hybridized carbons (Fsp3) is 0. The second kappa shape index (κ2) is 7.08. The van der Waals surface area contributed by atoms with Crippen LogP contribution in [-0.4, -0.2) is 10.9 Å². The number of fused-ring (bicyclic) bond motifs is 1. The Balaban J connectivity index is 1.56.